The smallest absolute Gasteiger partial charge is 0.124 e. The molecule has 0 saturated carbocycles. The summed E-state index contributed by atoms with van der Waals surface area (Å²) in [4.78, 5) is 4.58. The minimum atomic E-state index is -0.278. The van der Waals surface area contributed by atoms with Crippen molar-refractivity contribution in [3.63, 3.8) is 0 Å². The van der Waals surface area contributed by atoms with Crippen molar-refractivity contribution in [2.24, 2.45) is 0 Å². The zero-order valence-corrected chi connectivity index (χ0v) is 16.4. The van der Waals surface area contributed by atoms with Crippen molar-refractivity contribution >= 4 is 21.8 Å². The number of fused-ring (bicyclic) bond motifs is 3. The van der Waals surface area contributed by atoms with E-state index in [-0.39, 0.29) is 5.82 Å². The molecule has 4 heteroatoms. The second-order valence-corrected chi connectivity index (χ2v) is 7.29. The van der Waals surface area contributed by atoms with E-state index in [2.05, 4.69) is 55.2 Å². The third kappa shape index (κ3) is 2.88. The number of nitrogens with zero attached hydrogens (tertiary/aromatic N) is 3. The molecule has 0 N–H and O–H groups in total. The summed E-state index contributed by atoms with van der Waals surface area (Å²) in [5.74, 6) is -0.278. The van der Waals surface area contributed by atoms with E-state index < -0.39 is 0 Å². The average molecular weight is 381 g/mol. The lowest BCUT2D eigenvalue weighted by Gasteiger charge is -2.10. The maximum Gasteiger partial charge on any atom is 0.124 e. The van der Waals surface area contributed by atoms with Crippen molar-refractivity contribution in [2.75, 3.05) is 0 Å². The van der Waals surface area contributed by atoms with Crippen LogP contribution < -0.4 is 0 Å². The molecule has 0 atom stereocenters. The van der Waals surface area contributed by atoms with Gasteiger partial charge in [0.05, 0.1) is 16.7 Å². The van der Waals surface area contributed by atoms with Crippen LogP contribution in [0.4, 0.5) is 4.39 Å². The average Bonchev–Trinajstić information content (AvgIpc) is 3.14. The van der Waals surface area contributed by atoms with E-state index in [1.165, 1.54) is 17.2 Å². The molecule has 2 heterocycles. The number of halogens is 1. The Hall–Kier alpha value is -3.53. The molecule has 3 nitrogen and oxygen atoms in total. The molecule has 2 aromatic heterocycles. The molecule has 5 rings (SSSR count). The van der Waals surface area contributed by atoms with E-state index in [4.69, 9.17) is 5.10 Å². The predicted octanol–water partition coefficient (Wildman–Crippen LogP) is 6.25. The third-order valence-electron chi connectivity index (χ3n) is 5.39. The normalized spacial score (nSPS) is 11.4. The van der Waals surface area contributed by atoms with Gasteiger partial charge in [-0.3, -0.25) is 4.98 Å². The highest BCUT2D eigenvalue weighted by molar-refractivity contribution is 6.08. The van der Waals surface area contributed by atoms with Gasteiger partial charge in [0, 0.05) is 22.5 Å². The van der Waals surface area contributed by atoms with Crippen molar-refractivity contribution in [2.45, 2.75) is 20.3 Å². The summed E-state index contributed by atoms with van der Waals surface area (Å²) < 4.78 is 16.1. The van der Waals surface area contributed by atoms with Crippen LogP contribution in [-0.2, 0) is 6.42 Å². The fourth-order valence-corrected chi connectivity index (χ4v) is 3.87. The van der Waals surface area contributed by atoms with Gasteiger partial charge in [0.15, 0.2) is 0 Å². The second-order valence-electron chi connectivity index (χ2n) is 7.29. The van der Waals surface area contributed by atoms with E-state index in [1.807, 2.05) is 23.0 Å². The molecule has 5 aromatic rings. The van der Waals surface area contributed by atoms with E-state index in [1.54, 1.807) is 12.1 Å². The van der Waals surface area contributed by atoms with Crippen molar-refractivity contribution in [3.8, 4) is 16.9 Å². The second kappa shape index (κ2) is 6.82. The highest BCUT2D eigenvalue weighted by atomic mass is 19.1. The first-order valence-electron chi connectivity index (χ1n) is 9.78. The summed E-state index contributed by atoms with van der Waals surface area (Å²) in [7, 11) is 0. The van der Waals surface area contributed by atoms with E-state index in [0.717, 1.165) is 45.2 Å². The van der Waals surface area contributed by atoms with Crippen molar-refractivity contribution in [1.82, 2.24) is 14.8 Å². The molecule has 0 saturated heterocycles. The summed E-state index contributed by atoms with van der Waals surface area (Å²) in [6.45, 7) is 4.20. The maximum atomic E-state index is 14.2. The zero-order valence-electron chi connectivity index (χ0n) is 16.4. The third-order valence-corrected chi connectivity index (χ3v) is 5.39. The first-order chi connectivity index (χ1) is 14.2. The molecule has 142 valence electrons. The minimum absolute atomic E-state index is 0.278. The van der Waals surface area contributed by atoms with E-state index in [0.29, 0.717) is 0 Å². The van der Waals surface area contributed by atoms with Gasteiger partial charge in [-0.25, -0.2) is 9.07 Å². The van der Waals surface area contributed by atoms with Crippen molar-refractivity contribution < 1.29 is 4.39 Å². The number of para-hydroxylation sites is 1. The van der Waals surface area contributed by atoms with Crippen LogP contribution in [0.2, 0.25) is 0 Å². The molecule has 29 heavy (non-hydrogen) atoms. The number of benzene rings is 3. The fraction of sp³-hybridized carbons (Fsp3) is 0.120. The number of hydrogen-bond donors (Lipinski definition) is 0. The Balaban J connectivity index is 1.92. The first-order valence-corrected chi connectivity index (χ1v) is 9.78. The van der Waals surface area contributed by atoms with Crippen LogP contribution in [0.3, 0.4) is 0 Å². The quantitative estimate of drug-likeness (QED) is 0.370. The largest absolute Gasteiger partial charge is 0.255 e. The molecular weight excluding hydrogens is 361 g/mol. The Labute approximate surface area is 168 Å². The maximum absolute atomic E-state index is 14.2. The van der Waals surface area contributed by atoms with Crippen LogP contribution in [0.15, 0.2) is 72.9 Å². The highest BCUT2D eigenvalue weighted by Gasteiger charge is 2.18. The topological polar surface area (TPSA) is 30.7 Å². The van der Waals surface area contributed by atoms with Gasteiger partial charge >= 0.3 is 0 Å². The lowest BCUT2D eigenvalue weighted by molar-refractivity contribution is 0.629. The van der Waals surface area contributed by atoms with Gasteiger partial charge in [0.1, 0.15) is 11.5 Å². The molecule has 0 aliphatic carbocycles. The molecule has 3 aromatic carbocycles. The van der Waals surface area contributed by atoms with Gasteiger partial charge < -0.3 is 0 Å². The van der Waals surface area contributed by atoms with Crippen LogP contribution in [-0.4, -0.2) is 14.8 Å². The Kier molecular flexibility index (Phi) is 4.13. The summed E-state index contributed by atoms with van der Waals surface area (Å²) in [6.07, 6.45) is 2.73. The van der Waals surface area contributed by atoms with Gasteiger partial charge in [0.25, 0.3) is 0 Å². The van der Waals surface area contributed by atoms with E-state index >= 15 is 0 Å². The highest BCUT2D eigenvalue weighted by Crippen LogP contribution is 2.34. The molecular formula is C25H20FN3. The summed E-state index contributed by atoms with van der Waals surface area (Å²) in [5.41, 5.74) is 6.90. The monoisotopic (exact) mass is 381 g/mol. The number of aryl methyl sites for hydroxylation is 2. The fourth-order valence-electron chi connectivity index (χ4n) is 3.87. The van der Waals surface area contributed by atoms with Gasteiger partial charge in [-0.2, -0.15) is 5.10 Å². The van der Waals surface area contributed by atoms with Gasteiger partial charge in [-0.1, -0.05) is 55.0 Å². The summed E-state index contributed by atoms with van der Waals surface area (Å²) >= 11 is 0. The number of rotatable bonds is 3. The molecule has 0 bridgehead atoms. The number of pyridine rings is 1. The lowest BCUT2D eigenvalue weighted by atomic mass is 10.1. The molecule has 0 aliphatic heterocycles. The number of aromatic nitrogens is 3. The van der Waals surface area contributed by atoms with Gasteiger partial charge in [0.2, 0.25) is 0 Å². The minimum Gasteiger partial charge on any atom is -0.255 e. The van der Waals surface area contributed by atoms with Crippen LogP contribution in [0.5, 0.6) is 0 Å². The van der Waals surface area contributed by atoms with Gasteiger partial charge in [-0.05, 0) is 43.2 Å². The van der Waals surface area contributed by atoms with Crippen LogP contribution in [0, 0.1) is 12.7 Å². The van der Waals surface area contributed by atoms with Crippen LogP contribution >= 0.6 is 0 Å². The first kappa shape index (κ1) is 17.6. The van der Waals surface area contributed by atoms with Crippen molar-refractivity contribution in [3.05, 3.63) is 89.9 Å². The predicted molar refractivity (Wildman–Crippen MR) is 116 cm³/mol. The van der Waals surface area contributed by atoms with E-state index in [9.17, 15) is 4.39 Å². The Morgan fingerprint density at radius 2 is 1.72 bits per heavy atom. The van der Waals surface area contributed by atoms with Crippen LogP contribution in [0.25, 0.3) is 38.8 Å². The molecule has 0 fully saturated rings. The molecule has 0 aliphatic rings. The Bertz CT molecular complexity index is 1350. The number of hydrogen-bond acceptors (Lipinski definition) is 2. The molecule has 0 radical (unpaired) electrons. The molecule has 0 spiro atoms. The van der Waals surface area contributed by atoms with Crippen molar-refractivity contribution in [1.29, 1.82) is 0 Å². The Morgan fingerprint density at radius 1 is 0.931 bits per heavy atom. The lowest BCUT2D eigenvalue weighted by Crippen LogP contribution is -2.01. The zero-order chi connectivity index (χ0) is 20.0. The Morgan fingerprint density at radius 3 is 2.52 bits per heavy atom. The summed E-state index contributed by atoms with van der Waals surface area (Å²) in [6, 6.07) is 21.2. The SMILES string of the molecule is CCc1ccccc1-n1nc(-c2ccc(C)cc2)c2cnc3ccc(F)cc3c21. The van der Waals surface area contributed by atoms with Crippen LogP contribution in [0.1, 0.15) is 18.1 Å². The molecule has 0 unspecified atom stereocenters. The van der Waals surface area contributed by atoms with Gasteiger partial charge in [-0.15, -0.1) is 0 Å². The molecule has 0 amide bonds. The summed E-state index contributed by atoms with van der Waals surface area (Å²) in [5, 5.41) is 6.68. The standard InChI is InChI=1S/C25H20FN3/c1-3-17-6-4-5-7-23(17)29-25-20-14-19(26)12-13-22(20)27-15-21(25)24(28-29)18-10-8-16(2)9-11-18/h4-15H,3H2,1-2H3.